The third kappa shape index (κ3) is 6.02. The average Bonchev–Trinajstić information content (AvgIpc) is 3.02. The summed E-state index contributed by atoms with van der Waals surface area (Å²) in [5.74, 6) is -0.396. The molecule has 0 saturated carbocycles. The second-order valence-electron chi connectivity index (χ2n) is 5.69. The van der Waals surface area contributed by atoms with E-state index in [1.807, 2.05) is 0 Å². The van der Waals surface area contributed by atoms with Gasteiger partial charge in [0.05, 0.1) is 12.8 Å². The zero-order chi connectivity index (χ0) is 21.4. The van der Waals surface area contributed by atoms with Crippen LogP contribution < -0.4 is 20.6 Å². The van der Waals surface area contributed by atoms with Gasteiger partial charge in [0, 0.05) is 6.92 Å². The first kappa shape index (κ1) is 21.3. The molecule has 154 valence electrons. The van der Waals surface area contributed by atoms with Crippen molar-refractivity contribution >= 4 is 23.8 Å². The monoisotopic (exact) mass is 404 g/mol. The van der Waals surface area contributed by atoms with Crippen molar-refractivity contribution in [3.63, 3.8) is 0 Å². The first-order valence-electron chi connectivity index (χ1n) is 8.48. The topological polar surface area (TPSA) is 164 Å². The molecule has 0 atom stereocenters. The first-order chi connectivity index (χ1) is 13.8. The largest absolute Gasteiger partial charge is 0.490 e. The highest BCUT2D eigenvalue weighted by atomic mass is 16.6. The van der Waals surface area contributed by atoms with Crippen molar-refractivity contribution in [1.29, 1.82) is 0 Å². The Balaban J connectivity index is 2.03. The minimum absolute atomic E-state index is 0.283. The number of aryl methyl sites for hydroxylation is 1. The molecule has 3 N–H and O–H groups in total. The Morgan fingerprint density at radius 2 is 2.14 bits per heavy atom. The number of aromatic nitrogens is 2. The van der Waals surface area contributed by atoms with Crippen molar-refractivity contribution in [3.8, 4) is 11.5 Å². The number of carbonyl (C=O) groups excluding carboxylic acids is 2. The summed E-state index contributed by atoms with van der Waals surface area (Å²) in [5.41, 5.74) is 7.95. The smallest absolute Gasteiger partial charge is 0.343 e. The highest BCUT2D eigenvalue weighted by Gasteiger charge is 2.19. The molecule has 1 aromatic carbocycles. The summed E-state index contributed by atoms with van der Waals surface area (Å²) in [4.78, 5) is 37.0. The van der Waals surface area contributed by atoms with Gasteiger partial charge in [0.1, 0.15) is 6.20 Å². The van der Waals surface area contributed by atoms with E-state index in [4.69, 9.17) is 15.2 Å². The third-order valence-electron chi connectivity index (χ3n) is 3.56. The maximum absolute atomic E-state index is 12.0. The van der Waals surface area contributed by atoms with Gasteiger partial charge in [0.2, 0.25) is 0 Å². The number of ether oxygens (including phenoxy) is 2. The summed E-state index contributed by atoms with van der Waals surface area (Å²) in [6, 6.07) is 4.83. The van der Waals surface area contributed by atoms with Crippen molar-refractivity contribution in [3.05, 3.63) is 45.9 Å². The second-order valence-corrected chi connectivity index (χ2v) is 5.69. The molecule has 1 heterocycles. The maximum Gasteiger partial charge on any atom is 0.343 e. The van der Waals surface area contributed by atoms with Crippen LogP contribution in [0.5, 0.6) is 11.5 Å². The van der Waals surface area contributed by atoms with Crippen LogP contribution >= 0.6 is 0 Å². The Kier molecular flexibility index (Phi) is 7.23. The number of carbonyl (C=O) groups is 2. The standard InChI is InChI=1S/C17H20N6O6/c1-3-28-14-6-12(4-5-13(14)29-10-15(18)24)7-20-21-16(25)9-22-11(2)19-8-17(22)23(26)27/h4-8H,3,9-10H2,1-2H3,(H2,18,24)(H,21,25)/b20-7+. The Bertz CT molecular complexity index is 938. The van der Waals surface area contributed by atoms with E-state index in [0.29, 0.717) is 29.5 Å². The van der Waals surface area contributed by atoms with Crippen molar-refractivity contribution in [1.82, 2.24) is 15.0 Å². The van der Waals surface area contributed by atoms with Gasteiger partial charge in [-0.05, 0) is 35.6 Å². The minimum atomic E-state index is -0.617. The molecule has 0 aliphatic carbocycles. The van der Waals surface area contributed by atoms with Crippen LogP contribution in [0.4, 0.5) is 5.82 Å². The molecule has 12 nitrogen and oxygen atoms in total. The number of hydrogen-bond acceptors (Lipinski definition) is 8. The van der Waals surface area contributed by atoms with Crippen molar-refractivity contribution in [2.24, 2.45) is 10.8 Å². The van der Waals surface area contributed by atoms with E-state index in [1.165, 1.54) is 10.8 Å². The molecule has 2 amide bonds. The number of amides is 2. The second kappa shape index (κ2) is 9.82. The first-order valence-corrected chi connectivity index (χ1v) is 8.48. The van der Waals surface area contributed by atoms with Crippen LogP contribution in [0.25, 0.3) is 0 Å². The van der Waals surface area contributed by atoms with Gasteiger partial charge in [-0.3, -0.25) is 9.59 Å². The average molecular weight is 404 g/mol. The number of primary amides is 1. The van der Waals surface area contributed by atoms with Crippen LogP contribution in [-0.4, -0.2) is 45.7 Å². The quantitative estimate of drug-likeness (QED) is 0.331. The van der Waals surface area contributed by atoms with Crippen LogP contribution in [0.3, 0.4) is 0 Å². The molecule has 0 radical (unpaired) electrons. The van der Waals surface area contributed by atoms with E-state index in [2.05, 4.69) is 15.5 Å². The molecule has 0 aliphatic rings. The van der Waals surface area contributed by atoms with E-state index in [1.54, 1.807) is 32.0 Å². The number of hydrogen-bond donors (Lipinski definition) is 2. The lowest BCUT2D eigenvalue weighted by Gasteiger charge is -2.11. The molecule has 0 fully saturated rings. The molecule has 12 heteroatoms. The number of rotatable bonds is 10. The van der Waals surface area contributed by atoms with Crippen LogP contribution in [0.15, 0.2) is 29.5 Å². The van der Waals surface area contributed by atoms with Crippen molar-refractivity contribution in [2.75, 3.05) is 13.2 Å². The number of benzene rings is 1. The summed E-state index contributed by atoms with van der Waals surface area (Å²) < 4.78 is 11.9. The van der Waals surface area contributed by atoms with E-state index in [9.17, 15) is 19.7 Å². The molecule has 0 spiro atoms. The van der Waals surface area contributed by atoms with E-state index < -0.39 is 16.7 Å². The van der Waals surface area contributed by atoms with Gasteiger partial charge in [-0.1, -0.05) is 0 Å². The summed E-state index contributed by atoms with van der Waals surface area (Å²) in [6.45, 7) is 3.12. The van der Waals surface area contributed by atoms with Gasteiger partial charge in [0.15, 0.2) is 30.5 Å². The van der Waals surface area contributed by atoms with E-state index in [0.717, 1.165) is 6.20 Å². The van der Waals surface area contributed by atoms with Crippen LogP contribution in [0.1, 0.15) is 18.3 Å². The molecule has 0 aliphatic heterocycles. The van der Waals surface area contributed by atoms with Gasteiger partial charge in [-0.25, -0.2) is 15.0 Å². The minimum Gasteiger partial charge on any atom is -0.490 e. The van der Waals surface area contributed by atoms with Crippen LogP contribution in [-0.2, 0) is 16.1 Å². The lowest BCUT2D eigenvalue weighted by atomic mass is 10.2. The van der Waals surface area contributed by atoms with Crippen LogP contribution in [0.2, 0.25) is 0 Å². The molecule has 0 saturated heterocycles. The van der Waals surface area contributed by atoms with E-state index >= 15 is 0 Å². The van der Waals surface area contributed by atoms with Gasteiger partial charge >= 0.3 is 5.82 Å². The number of hydrazone groups is 1. The third-order valence-corrected chi connectivity index (χ3v) is 3.56. The van der Waals surface area contributed by atoms with Crippen molar-refractivity contribution in [2.45, 2.75) is 20.4 Å². The van der Waals surface area contributed by atoms with E-state index in [-0.39, 0.29) is 19.0 Å². The summed E-state index contributed by atoms with van der Waals surface area (Å²) >= 11 is 0. The molecule has 2 aromatic rings. The molecule has 0 bridgehead atoms. The molecule has 0 unspecified atom stereocenters. The normalized spacial score (nSPS) is 10.7. The van der Waals surface area contributed by atoms with Gasteiger partial charge < -0.3 is 25.3 Å². The SMILES string of the molecule is CCOc1cc(/C=N/NC(=O)Cn2c([N+](=O)[O-])cnc2C)ccc1OCC(N)=O. The molecular formula is C17H20N6O6. The van der Waals surface area contributed by atoms with Gasteiger partial charge in [0.25, 0.3) is 11.8 Å². The predicted molar refractivity (Wildman–Crippen MR) is 102 cm³/mol. The Morgan fingerprint density at radius 3 is 2.79 bits per heavy atom. The Hall–Kier alpha value is -3.96. The zero-order valence-corrected chi connectivity index (χ0v) is 15.8. The lowest BCUT2D eigenvalue weighted by Crippen LogP contribution is -2.24. The fourth-order valence-electron chi connectivity index (χ4n) is 2.30. The van der Waals surface area contributed by atoms with Gasteiger partial charge in [-0.15, -0.1) is 0 Å². The van der Waals surface area contributed by atoms with Crippen LogP contribution in [0, 0.1) is 17.0 Å². The fraction of sp³-hybridized carbons (Fsp3) is 0.294. The number of nitrogens with zero attached hydrogens (tertiary/aromatic N) is 4. The number of nitrogens with one attached hydrogen (secondary N) is 1. The molecular weight excluding hydrogens is 384 g/mol. The number of imidazole rings is 1. The maximum atomic E-state index is 12.0. The summed E-state index contributed by atoms with van der Waals surface area (Å²) in [5, 5.41) is 14.8. The summed E-state index contributed by atoms with van der Waals surface area (Å²) in [6.07, 6.45) is 2.45. The molecule has 29 heavy (non-hydrogen) atoms. The highest BCUT2D eigenvalue weighted by molar-refractivity contribution is 5.83. The summed E-state index contributed by atoms with van der Waals surface area (Å²) in [7, 11) is 0. The Labute approximate surface area is 165 Å². The highest BCUT2D eigenvalue weighted by Crippen LogP contribution is 2.28. The number of nitrogens with two attached hydrogens (primary N) is 1. The number of nitro groups is 1. The fourth-order valence-corrected chi connectivity index (χ4v) is 2.30. The predicted octanol–water partition coefficient (Wildman–Crippen LogP) is 0.513. The molecule has 1 aromatic heterocycles. The molecule has 2 rings (SSSR count). The van der Waals surface area contributed by atoms with Crippen molar-refractivity contribution < 1.29 is 24.0 Å². The lowest BCUT2D eigenvalue weighted by molar-refractivity contribution is -0.392. The van der Waals surface area contributed by atoms with Gasteiger partial charge in [-0.2, -0.15) is 5.10 Å². The zero-order valence-electron chi connectivity index (χ0n) is 15.8. The Morgan fingerprint density at radius 1 is 1.38 bits per heavy atom.